The van der Waals surface area contributed by atoms with Crippen molar-refractivity contribution in [2.75, 3.05) is 25.1 Å². The summed E-state index contributed by atoms with van der Waals surface area (Å²) in [4.78, 5) is 13.3. The maximum Gasteiger partial charge on any atom is 0.239 e. The third kappa shape index (κ3) is 2.31. The van der Waals surface area contributed by atoms with Gasteiger partial charge >= 0.3 is 0 Å². The lowest BCUT2D eigenvalue weighted by atomic mass is 10.2. The first-order valence-corrected chi connectivity index (χ1v) is 7.01. The number of carbonyl (C=O) groups excluding carboxylic acids is 1. The van der Waals surface area contributed by atoms with E-state index in [1.54, 1.807) is 11.9 Å². The van der Waals surface area contributed by atoms with Gasteiger partial charge in [-0.05, 0) is 12.8 Å². The van der Waals surface area contributed by atoms with Gasteiger partial charge < -0.3 is 10.2 Å². The van der Waals surface area contributed by atoms with Gasteiger partial charge in [-0.15, -0.1) is 0 Å². The average molecular weight is 232 g/mol. The maximum absolute atomic E-state index is 11.6. The molecule has 1 amide bonds. The predicted octanol–water partition coefficient (Wildman–Crippen LogP) is -1.01. The van der Waals surface area contributed by atoms with Crippen molar-refractivity contribution in [2.45, 2.75) is 24.9 Å². The van der Waals surface area contributed by atoms with Crippen molar-refractivity contribution in [3.05, 3.63) is 0 Å². The van der Waals surface area contributed by atoms with E-state index in [0.717, 1.165) is 13.0 Å². The second-order valence-corrected chi connectivity index (χ2v) is 6.60. The van der Waals surface area contributed by atoms with Gasteiger partial charge in [0, 0.05) is 19.6 Å². The van der Waals surface area contributed by atoms with Crippen LogP contribution in [-0.2, 0) is 14.6 Å². The molecule has 2 aliphatic heterocycles. The van der Waals surface area contributed by atoms with Crippen molar-refractivity contribution in [3.8, 4) is 0 Å². The first-order valence-electron chi connectivity index (χ1n) is 5.19. The highest BCUT2D eigenvalue weighted by molar-refractivity contribution is 7.91. The topological polar surface area (TPSA) is 66.5 Å². The summed E-state index contributed by atoms with van der Waals surface area (Å²) in [5.74, 6) is 0.515. The molecule has 0 aromatic rings. The summed E-state index contributed by atoms with van der Waals surface area (Å²) in [5, 5.41) is 3.14. The molecule has 1 N–H and O–H groups in total. The fourth-order valence-electron chi connectivity index (χ4n) is 2.19. The number of hydrogen-bond acceptors (Lipinski definition) is 4. The summed E-state index contributed by atoms with van der Waals surface area (Å²) < 4.78 is 22.5. The monoisotopic (exact) mass is 232 g/mol. The number of nitrogens with one attached hydrogen (secondary N) is 1. The Balaban J connectivity index is 1.91. The summed E-state index contributed by atoms with van der Waals surface area (Å²) >= 11 is 0. The van der Waals surface area contributed by atoms with Crippen molar-refractivity contribution >= 4 is 15.7 Å². The average Bonchev–Trinajstić information content (AvgIpc) is 2.63. The fourth-order valence-corrected chi connectivity index (χ4v) is 3.87. The minimum Gasteiger partial charge on any atom is -0.344 e. The van der Waals surface area contributed by atoms with E-state index in [9.17, 15) is 13.2 Å². The van der Waals surface area contributed by atoms with Gasteiger partial charge in [0.1, 0.15) is 0 Å². The summed E-state index contributed by atoms with van der Waals surface area (Å²) in [7, 11) is -1.08. The zero-order chi connectivity index (χ0) is 11.1. The first-order chi connectivity index (χ1) is 6.98. The molecule has 2 saturated heterocycles. The lowest BCUT2D eigenvalue weighted by Crippen LogP contribution is -2.43. The number of likely N-dealkylation sites (tertiary alicyclic amines) is 1. The molecule has 2 heterocycles. The highest BCUT2D eigenvalue weighted by Crippen LogP contribution is 2.15. The molecule has 0 spiro atoms. The molecule has 0 saturated carbocycles. The van der Waals surface area contributed by atoms with Crippen LogP contribution in [0.25, 0.3) is 0 Å². The van der Waals surface area contributed by atoms with Crippen LogP contribution in [0, 0.1) is 0 Å². The summed E-state index contributed by atoms with van der Waals surface area (Å²) in [6, 6.07) is -0.205. The number of hydrogen-bond donors (Lipinski definition) is 1. The molecule has 2 fully saturated rings. The van der Waals surface area contributed by atoms with Gasteiger partial charge in [-0.1, -0.05) is 0 Å². The van der Waals surface area contributed by atoms with Crippen LogP contribution >= 0.6 is 0 Å². The molecule has 2 unspecified atom stereocenters. The first kappa shape index (κ1) is 10.9. The number of likely N-dealkylation sites (N-methyl/N-ethyl adjacent to an activating group) is 1. The van der Waals surface area contributed by atoms with Gasteiger partial charge in [-0.2, -0.15) is 0 Å². The minimum absolute atomic E-state index is 0.0320. The third-order valence-corrected chi connectivity index (χ3v) is 4.86. The van der Waals surface area contributed by atoms with E-state index < -0.39 is 9.84 Å². The lowest BCUT2D eigenvalue weighted by Gasteiger charge is -2.16. The highest BCUT2D eigenvalue weighted by Gasteiger charge is 2.34. The Bertz CT molecular complexity index is 366. The zero-order valence-corrected chi connectivity index (χ0v) is 9.59. The Hall–Kier alpha value is -0.620. The van der Waals surface area contributed by atoms with Gasteiger partial charge in [-0.25, -0.2) is 8.42 Å². The molecule has 0 radical (unpaired) electrons. The summed E-state index contributed by atoms with van der Waals surface area (Å²) in [6.45, 7) is 0.760. The smallest absolute Gasteiger partial charge is 0.239 e. The SMILES string of the molecule is CN1CCC(NC2CCS(=O)(=O)C2)C1=O. The van der Waals surface area contributed by atoms with Gasteiger partial charge in [-0.3, -0.25) is 4.79 Å². The fraction of sp³-hybridized carbons (Fsp3) is 0.889. The largest absolute Gasteiger partial charge is 0.344 e. The molecule has 0 bridgehead atoms. The van der Waals surface area contributed by atoms with Gasteiger partial charge in [0.2, 0.25) is 5.91 Å². The van der Waals surface area contributed by atoms with E-state index in [2.05, 4.69) is 5.32 Å². The van der Waals surface area contributed by atoms with Crippen LogP contribution in [0.1, 0.15) is 12.8 Å². The van der Waals surface area contributed by atoms with Crippen LogP contribution in [0.15, 0.2) is 0 Å². The van der Waals surface area contributed by atoms with E-state index in [-0.39, 0.29) is 29.5 Å². The molecule has 6 heteroatoms. The quantitative estimate of drug-likeness (QED) is 0.663. The van der Waals surface area contributed by atoms with Crippen LogP contribution in [0.3, 0.4) is 0 Å². The summed E-state index contributed by atoms with van der Waals surface area (Å²) in [5.41, 5.74) is 0. The standard InChI is InChI=1S/C9H16N2O3S/c1-11-4-2-8(9(11)12)10-7-3-5-15(13,14)6-7/h7-8,10H,2-6H2,1H3. The number of nitrogens with zero attached hydrogens (tertiary/aromatic N) is 1. The van der Waals surface area contributed by atoms with Crippen LogP contribution in [0.5, 0.6) is 0 Å². The molecule has 0 aromatic carbocycles. The van der Waals surface area contributed by atoms with Crippen molar-refractivity contribution in [1.82, 2.24) is 10.2 Å². The molecule has 0 aliphatic carbocycles. The molecular weight excluding hydrogens is 216 g/mol. The van der Waals surface area contributed by atoms with Gasteiger partial charge in [0.25, 0.3) is 0 Å². The van der Waals surface area contributed by atoms with Gasteiger partial charge in [0.05, 0.1) is 17.5 Å². The van der Waals surface area contributed by atoms with Crippen LogP contribution in [0.2, 0.25) is 0 Å². The Kier molecular flexibility index (Phi) is 2.72. The number of rotatable bonds is 2. The highest BCUT2D eigenvalue weighted by atomic mass is 32.2. The second kappa shape index (κ2) is 3.75. The minimum atomic E-state index is -2.86. The van der Waals surface area contributed by atoms with E-state index >= 15 is 0 Å². The molecule has 2 atom stereocenters. The van der Waals surface area contributed by atoms with E-state index in [0.29, 0.717) is 6.42 Å². The number of amides is 1. The number of carbonyl (C=O) groups is 1. The van der Waals surface area contributed by atoms with E-state index in [1.807, 2.05) is 0 Å². The zero-order valence-electron chi connectivity index (χ0n) is 8.77. The van der Waals surface area contributed by atoms with Crippen molar-refractivity contribution in [3.63, 3.8) is 0 Å². The van der Waals surface area contributed by atoms with Crippen molar-refractivity contribution < 1.29 is 13.2 Å². The molecule has 2 aliphatic rings. The van der Waals surface area contributed by atoms with Crippen molar-refractivity contribution in [1.29, 1.82) is 0 Å². The normalized spacial score (nSPS) is 35.0. The number of sulfone groups is 1. The van der Waals surface area contributed by atoms with Crippen molar-refractivity contribution in [2.24, 2.45) is 0 Å². The Labute approximate surface area is 89.7 Å². The van der Waals surface area contributed by atoms with Crippen LogP contribution < -0.4 is 5.32 Å². The maximum atomic E-state index is 11.6. The molecule has 2 rings (SSSR count). The Morgan fingerprint density at radius 2 is 2.13 bits per heavy atom. The molecule has 5 nitrogen and oxygen atoms in total. The molecular formula is C9H16N2O3S. The Morgan fingerprint density at radius 3 is 2.60 bits per heavy atom. The van der Waals surface area contributed by atoms with Crippen LogP contribution in [-0.4, -0.2) is 56.4 Å². The summed E-state index contributed by atoms with van der Waals surface area (Å²) in [6.07, 6.45) is 1.42. The van der Waals surface area contributed by atoms with E-state index in [4.69, 9.17) is 0 Å². The molecule has 15 heavy (non-hydrogen) atoms. The van der Waals surface area contributed by atoms with Gasteiger partial charge in [0.15, 0.2) is 9.84 Å². The molecule has 86 valence electrons. The second-order valence-electron chi connectivity index (χ2n) is 4.37. The van der Waals surface area contributed by atoms with Crippen LogP contribution in [0.4, 0.5) is 0 Å². The lowest BCUT2D eigenvalue weighted by molar-refractivity contribution is -0.128. The Morgan fingerprint density at radius 1 is 1.40 bits per heavy atom. The van der Waals surface area contributed by atoms with E-state index in [1.165, 1.54) is 0 Å². The third-order valence-electron chi connectivity index (χ3n) is 3.10. The predicted molar refractivity (Wildman–Crippen MR) is 56.2 cm³/mol. The molecule has 0 aromatic heterocycles.